The normalized spacial score (nSPS) is 10.2. The predicted octanol–water partition coefficient (Wildman–Crippen LogP) is 1.06. The number of thiocarbonyl (C=S) groups is 1. The molecule has 17 heavy (non-hydrogen) atoms. The summed E-state index contributed by atoms with van der Waals surface area (Å²) in [6.07, 6.45) is 5.32. The molecule has 2 aromatic heterocycles. The van der Waals surface area contributed by atoms with Crippen LogP contribution in [0.2, 0.25) is 0 Å². The molecule has 88 valence electrons. The number of rotatable bonds is 4. The molecule has 0 bridgehead atoms. The highest BCUT2D eigenvalue weighted by atomic mass is 32.1. The van der Waals surface area contributed by atoms with Gasteiger partial charge in [-0.1, -0.05) is 12.2 Å². The first kappa shape index (κ1) is 11.5. The van der Waals surface area contributed by atoms with Crippen molar-refractivity contribution in [1.29, 1.82) is 0 Å². The molecule has 0 aromatic carbocycles. The predicted molar refractivity (Wildman–Crippen MR) is 70.7 cm³/mol. The molecule has 2 rings (SSSR count). The van der Waals surface area contributed by atoms with Crippen molar-refractivity contribution in [2.75, 3.05) is 5.32 Å². The van der Waals surface area contributed by atoms with Gasteiger partial charge in [0.25, 0.3) is 0 Å². The van der Waals surface area contributed by atoms with Gasteiger partial charge < -0.3 is 15.6 Å². The van der Waals surface area contributed by atoms with E-state index >= 15 is 0 Å². The monoisotopic (exact) mass is 247 g/mol. The van der Waals surface area contributed by atoms with Crippen molar-refractivity contribution >= 4 is 22.9 Å². The number of imidazole rings is 1. The number of nitrogens with zero attached hydrogens (tertiary/aromatic N) is 3. The highest BCUT2D eigenvalue weighted by molar-refractivity contribution is 7.80. The summed E-state index contributed by atoms with van der Waals surface area (Å²) in [5.74, 6) is 0.933. The summed E-state index contributed by atoms with van der Waals surface area (Å²) in [6, 6.07) is 3.73. The highest BCUT2D eigenvalue weighted by Crippen LogP contribution is 2.12. The van der Waals surface area contributed by atoms with Crippen molar-refractivity contribution in [1.82, 2.24) is 14.5 Å². The standard InChI is InChI=1S/C11H13N5S/c1-16-6-5-13-9(16)7-15-8-3-2-4-14-10(8)11(12)17/h2-6,15H,7H2,1H3,(H2,12,17). The van der Waals surface area contributed by atoms with Gasteiger partial charge in [0.2, 0.25) is 0 Å². The van der Waals surface area contributed by atoms with Crippen molar-refractivity contribution in [3.63, 3.8) is 0 Å². The highest BCUT2D eigenvalue weighted by Gasteiger charge is 2.06. The van der Waals surface area contributed by atoms with E-state index in [-0.39, 0.29) is 4.99 Å². The van der Waals surface area contributed by atoms with Crippen molar-refractivity contribution in [2.45, 2.75) is 6.54 Å². The van der Waals surface area contributed by atoms with Crippen LogP contribution in [-0.2, 0) is 13.6 Å². The van der Waals surface area contributed by atoms with Crippen LogP contribution in [0, 0.1) is 0 Å². The molecule has 0 fully saturated rings. The zero-order chi connectivity index (χ0) is 12.3. The quantitative estimate of drug-likeness (QED) is 0.791. The Labute approximate surface area is 105 Å². The molecule has 0 radical (unpaired) electrons. The average molecular weight is 247 g/mol. The second kappa shape index (κ2) is 4.92. The van der Waals surface area contributed by atoms with E-state index in [1.54, 1.807) is 12.4 Å². The Morgan fingerprint density at radius 3 is 2.94 bits per heavy atom. The lowest BCUT2D eigenvalue weighted by molar-refractivity contribution is 0.812. The molecule has 0 saturated heterocycles. The maximum Gasteiger partial charge on any atom is 0.127 e. The van der Waals surface area contributed by atoms with Crippen LogP contribution >= 0.6 is 12.2 Å². The van der Waals surface area contributed by atoms with E-state index in [0.717, 1.165) is 11.5 Å². The van der Waals surface area contributed by atoms with E-state index in [1.807, 2.05) is 29.9 Å². The molecule has 6 heteroatoms. The molecule has 2 aromatic rings. The summed E-state index contributed by atoms with van der Waals surface area (Å²) < 4.78 is 1.95. The lowest BCUT2D eigenvalue weighted by Crippen LogP contribution is -2.15. The minimum atomic E-state index is 0.285. The van der Waals surface area contributed by atoms with Crippen LogP contribution in [0.15, 0.2) is 30.7 Å². The summed E-state index contributed by atoms with van der Waals surface area (Å²) in [5, 5.41) is 3.22. The van der Waals surface area contributed by atoms with Crippen molar-refractivity contribution in [2.24, 2.45) is 12.8 Å². The summed E-state index contributed by atoms with van der Waals surface area (Å²) in [5.41, 5.74) is 7.03. The third kappa shape index (κ3) is 2.59. The third-order valence-corrected chi connectivity index (χ3v) is 2.59. The summed E-state index contributed by atoms with van der Waals surface area (Å²) in [7, 11) is 1.95. The number of aromatic nitrogens is 3. The summed E-state index contributed by atoms with van der Waals surface area (Å²) in [4.78, 5) is 8.65. The van der Waals surface area contributed by atoms with Gasteiger partial charge in [-0.15, -0.1) is 0 Å². The minimum absolute atomic E-state index is 0.285. The van der Waals surface area contributed by atoms with Gasteiger partial charge in [-0.2, -0.15) is 0 Å². The maximum absolute atomic E-state index is 5.60. The molecule has 3 N–H and O–H groups in total. The smallest absolute Gasteiger partial charge is 0.127 e. The Balaban J connectivity index is 2.14. The Bertz CT molecular complexity index is 534. The molecule has 0 spiro atoms. The maximum atomic E-state index is 5.60. The minimum Gasteiger partial charge on any atom is -0.388 e. The first-order valence-corrected chi connectivity index (χ1v) is 5.54. The third-order valence-electron chi connectivity index (χ3n) is 2.40. The molecule has 5 nitrogen and oxygen atoms in total. The average Bonchev–Trinajstić information content (AvgIpc) is 2.72. The molecule has 0 atom stereocenters. The van der Waals surface area contributed by atoms with Crippen LogP contribution < -0.4 is 11.1 Å². The molecular formula is C11H13N5S. The lowest BCUT2D eigenvalue weighted by atomic mass is 10.3. The molecule has 0 aliphatic heterocycles. The van der Waals surface area contributed by atoms with Gasteiger partial charge in [0, 0.05) is 25.6 Å². The molecule has 0 aliphatic rings. The second-order valence-corrected chi connectivity index (χ2v) is 4.01. The van der Waals surface area contributed by atoms with Crippen molar-refractivity contribution < 1.29 is 0 Å². The summed E-state index contributed by atoms with van der Waals surface area (Å²) in [6.45, 7) is 0.602. The van der Waals surface area contributed by atoms with Gasteiger partial charge in [0.15, 0.2) is 0 Å². The second-order valence-electron chi connectivity index (χ2n) is 3.57. The first-order chi connectivity index (χ1) is 8.18. The van der Waals surface area contributed by atoms with Gasteiger partial charge in [0.05, 0.1) is 12.2 Å². The lowest BCUT2D eigenvalue weighted by Gasteiger charge is -2.09. The number of pyridine rings is 1. The van der Waals surface area contributed by atoms with Gasteiger partial charge >= 0.3 is 0 Å². The molecule has 0 aliphatic carbocycles. The fourth-order valence-electron chi connectivity index (χ4n) is 1.49. The molecule has 2 heterocycles. The van der Waals surface area contributed by atoms with E-state index in [9.17, 15) is 0 Å². The topological polar surface area (TPSA) is 68.8 Å². The number of hydrogen-bond acceptors (Lipinski definition) is 4. The van der Waals surface area contributed by atoms with Crippen LogP contribution in [0.25, 0.3) is 0 Å². The number of nitrogens with one attached hydrogen (secondary N) is 1. The van der Waals surface area contributed by atoms with Crippen LogP contribution in [0.5, 0.6) is 0 Å². The summed E-state index contributed by atoms with van der Waals surface area (Å²) >= 11 is 4.94. The van der Waals surface area contributed by atoms with Gasteiger partial charge in [-0.05, 0) is 12.1 Å². The number of anilines is 1. The van der Waals surface area contributed by atoms with E-state index in [2.05, 4.69) is 15.3 Å². The molecular weight excluding hydrogens is 234 g/mol. The van der Waals surface area contributed by atoms with Gasteiger partial charge in [0.1, 0.15) is 16.5 Å². The SMILES string of the molecule is Cn1ccnc1CNc1cccnc1C(N)=S. The van der Waals surface area contributed by atoms with E-state index < -0.39 is 0 Å². The molecule has 0 saturated carbocycles. The van der Waals surface area contributed by atoms with Crippen LogP contribution in [0.1, 0.15) is 11.5 Å². The zero-order valence-corrected chi connectivity index (χ0v) is 10.2. The van der Waals surface area contributed by atoms with Crippen molar-refractivity contribution in [3.8, 4) is 0 Å². The largest absolute Gasteiger partial charge is 0.388 e. The Hall–Kier alpha value is -1.95. The zero-order valence-electron chi connectivity index (χ0n) is 9.42. The molecule has 0 amide bonds. The Morgan fingerprint density at radius 2 is 2.29 bits per heavy atom. The van der Waals surface area contributed by atoms with Gasteiger partial charge in [-0.3, -0.25) is 4.98 Å². The molecule has 0 unspecified atom stereocenters. The fourth-order valence-corrected chi connectivity index (χ4v) is 1.65. The van der Waals surface area contributed by atoms with Crippen molar-refractivity contribution in [3.05, 3.63) is 42.2 Å². The van der Waals surface area contributed by atoms with Crippen LogP contribution in [0.3, 0.4) is 0 Å². The van der Waals surface area contributed by atoms with E-state index in [1.165, 1.54) is 0 Å². The number of hydrogen-bond donors (Lipinski definition) is 2. The van der Waals surface area contributed by atoms with E-state index in [4.69, 9.17) is 18.0 Å². The fraction of sp³-hybridized carbons (Fsp3) is 0.182. The Kier molecular flexibility index (Phi) is 3.34. The van der Waals surface area contributed by atoms with E-state index in [0.29, 0.717) is 12.2 Å². The number of nitrogens with two attached hydrogens (primary N) is 1. The van der Waals surface area contributed by atoms with Gasteiger partial charge in [-0.25, -0.2) is 4.98 Å². The van der Waals surface area contributed by atoms with Crippen LogP contribution in [-0.4, -0.2) is 19.5 Å². The number of aryl methyl sites for hydroxylation is 1. The Morgan fingerprint density at radius 1 is 1.47 bits per heavy atom. The first-order valence-electron chi connectivity index (χ1n) is 5.13. The van der Waals surface area contributed by atoms with Crippen LogP contribution in [0.4, 0.5) is 5.69 Å².